The standard InChI is InChI=1S/C25H23N3O2/c26-28-19-10-7-9-18(16-19)8-5-6-15-27-25(29)30-17-24-22-13-3-1-11-20(22)21-12-2-4-14-23(21)24/h1-4,7,9-14,16,24,28H,6,15,17,26H2,(H,27,29). The summed E-state index contributed by atoms with van der Waals surface area (Å²) in [5.41, 5.74) is 9.09. The minimum Gasteiger partial charge on any atom is -0.449 e. The van der Waals surface area contributed by atoms with Crippen molar-refractivity contribution in [2.45, 2.75) is 12.3 Å². The molecule has 0 aromatic heterocycles. The van der Waals surface area contributed by atoms with Crippen molar-refractivity contribution in [2.24, 2.45) is 5.84 Å². The number of rotatable bonds is 5. The molecule has 1 aliphatic carbocycles. The Morgan fingerprint density at radius 1 is 0.967 bits per heavy atom. The van der Waals surface area contributed by atoms with Crippen molar-refractivity contribution in [1.82, 2.24) is 5.32 Å². The van der Waals surface area contributed by atoms with Crippen LogP contribution in [0.2, 0.25) is 0 Å². The highest BCUT2D eigenvalue weighted by Gasteiger charge is 2.28. The third kappa shape index (κ3) is 4.29. The van der Waals surface area contributed by atoms with Gasteiger partial charge in [-0.1, -0.05) is 66.4 Å². The third-order valence-electron chi connectivity index (χ3n) is 5.12. The topological polar surface area (TPSA) is 76.4 Å². The van der Waals surface area contributed by atoms with Crippen molar-refractivity contribution < 1.29 is 9.53 Å². The number of benzene rings is 3. The molecular weight excluding hydrogens is 374 g/mol. The van der Waals surface area contributed by atoms with Gasteiger partial charge in [0.15, 0.2) is 0 Å². The van der Waals surface area contributed by atoms with Gasteiger partial charge in [-0.15, -0.1) is 0 Å². The van der Waals surface area contributed by atoms with Crippen LogP contribution in [0.5, 0.6) is 0 Å². The lowest BCUT2D eigenvalue weighted by Gasteiger charge is -2.14. The Morgan fingerprint density at radius 2 is 1.67 bits per heavy atom. The van der Waals surface area contributed by atoms with E-state index in [0.717, 1.165) is 11.3 Å². The molecule has 4 N–H and O–H groups in total. The van der Waals surface area contributed by atoms with E-state index in [0.29, 0.717) is 19.6 Å². The maximum absolute atomic E-state index is 12.1. The van der Waals surface area contributed by atoms with Gasteiger partial charge in [-0.25, -0.2) is 4.79 Å². The SMILES string of the molecule is NNc1cccc(C#CCCNC(=O)OCC2c3ccccc3-c3ccccc32)c1. The average molecular weight is 397 g/mol. The van der Waals surface area contributed by atoms with Crippen LogP contribution in [0.15, 0.2) is 72.8 Å². The molecule has 0 saturated carbocycles. The fraction of sp³-hybridized carbons (Fsp3) is 0.160. The summed E-state index contributed by atoms with van der Waals surface area (Å²) in [5.74, 6) is 11.6. The van der Waals surface area contributed by atoms with Gasteiger partial charge in [-0.3, -0.25) is 5.84 Å². The molecule has 150 valence electrons. The second kappa shape index (κ2) is 9.17. The summed E-state index contributed by atoms with van der Waals surface area (Å²) in [6.07, 6.45) is 0.109. The quantitative estimate of drug-likeness (QED) is 0.260. The van der Waals surface area contributed by atoms with E-state index in [-0.39, 0.29) is 5.92 Å². The summed E-state index contributed by atoms with van der Waals surface area (Å²) < 4.78 is 5.51. The molecule has 0 unspecified atom stereocenters. The summed E-state index contributed by atoms with van der Waals surface area (Å²) in [6.45, 7) is 0.739. The van der Waals surface area contributed by atoms with E-state index < -0.39 is 6.09 Å². The maximum Gasteiger partial charge on any atom is 0.407 e. The Balaban J connectivity index is 1.28. The lowest BCUT2D eigenvalue weighted by molar-refractivity contribution is 0.143. The maximum atomic E-state index is 12.1. The Morgan fingerprint density at radius 3 is 2.37 bits per heavy atom. The number of carbonyl (C=O) groups excluding carboxylic acids is 1. The number of fused-ring (bicyclic) bond motifs is 3. The van der Waals surface area contributed by atoms with Gasteiger partial charge in [-0.05, 0) is 40.5 Å². The first-order valence-corrected chi connectivity index (χ1v) is 9.90. The monoisotopic (exact) mass is 397 g/mol. The molecule has 5 nitrogen and oxygen atoms in total. The van der Waals surface area contributed by atoms with Crippen LogP contribution in [0.25, 0.3) is 11.1 Å². The molecule has 3 aromatic carbocycles. The Bertz CT molecular complexity index is 1070. The number of anilines is 1. The predicted molar refractivity (Wildman–Crippen MR) is 119 cm³/mol. The van der Waals surface area contributed by atoms with Crippen molar-refractivity contribution in [3.05, 3.63) is 89.5 Å². The summed E-state index contributed by atoms with van der Waals surface area (Å²) in [6, 6.07) is 24.1. The zero-order valence-electron chi connectivity index (χ0n) is 16.5. The normalized spacial score (nSPS) is 11.6. The van der Waals surface area contributed by atoms with E-state index in [1.54, 1.807) is 0 Å². The van der Waals surface area contributed by atoms with E-state index in [1.807, 2.05) is 48.5 Å². The second-order valence-electron chi connectivity index (χ2n) is 7.03. The molecule has 5 heteroatoms. The molecule has 1 amide bonds. The highest BCUT2D eigenvalue weighted by atomic mass is 16.5. The van der Waals surface area contributed by atoms with E-state index in [9.17, 15) is 4.79 Å². The number of carbonyl (C=O) groups is 1. The Labute approximate surface area is 176 Å². The molecule has 30 heavy (non-hydrogen) atoms. The van der Waals surface area contributed by atoms with E-state index in [1.165, 1.54) is 22.3 Å². The van der Waals surface area contributed by atoms with Gasteiger partial charge in [0.05, 0.1) is 0 Å². The molecule has 0 bridgehead atoms. The van der Waals surface area contributed by atoms with Crippen LogP contribution in [-0.2, 0) is 4.74 Å². The smallest absolute Gasteiger partial charge is 0.407 e. The van der Waals surface area contributed by atoms with Crippen LogP contribution < -0.4 is 16.6 Å². The number of nitrogen functional groups attached to an aromatic ring is 1. The number of hydrogen-bond acceptors (Lipinski definition) is 4. The minimum atomic E-state index is -0.423. The number of nitrogens with one attached hydrogen (secondary N) is 2. The van der Waals surface area contributed by atoms with Crippen LogP contribution in [0.1, 0.15) is 29.0 Å². The highest BCUT2D eigenvalue weighted by molar-refractivity contribution is 5.79. The molecule has 0 radical (unpaired) electrons. The lowest BCUT2D eigenvalue weighted by Crippen LogP contribution is -2.26. The van der Waals surface area contributed by atoms with E-state index in [4.69, 9.17) is 10.6 Å². The molecular formula is C25H23N3O2. The predicted octanol–water partition coefficient (Wildman–Crippen LogP) is 4.25. The highest BCUT2D eigenvalue weighted by Crippen LogP contribution is 2.44. The number of hydrogen-bond donors (Lipinski definition) is 3. The summed E-state index contributed by atoms with van der Waals surface area (Å²) >= 11 is 0. The largest absolute Gasteiger partial charge is 0.449 e. The zero-order chi connectivity index (χ0) is 20.8. The third-order valence-corrected chi connectivity index (χ3v) is 5.12. The fourth-order valence-electron chi connectivity index (χ4n) is 3.73. The van der Waals surface area contributed by atoms with Gasteiger partial charge in [0, 0.05) is 30.1 Å². The van der Waals surface area contributed by atoms with Gasteiger partial charge in [0.1, 0.15) is 6.61 Å². The molecule has 0 atom stereocenters. The van der Waals surface area contributed by atoms with Gasteiger partial charge in [0.25, 0.3) is 0 Å². The number of hydrazine groups is 1. The van der Waals surface area contributed by atoms with E-state index in [2.05, 4.69) is 46.8 Å². The second-order valence-corrected chi connectivity index (χ2v) is 7.03. The summed E-state index contributed by atoms with van der Waals surface area (Å²) in [4.78, 5) is 12.1. The lowest BCUT2D eigenvalue weighted by atomic mass is 9.98. The van der Waals surface area contributed by atoms with E-state index >= 15 is 0 Å². The van der Waals surface area contributed by atoms with Crippen LogP contribution >= 0.6 is 0 Å². The van der Waals surface area contributed by atoms with Gasteiger partial charge in [-0.2, -0.15) is 0 Å². The summed E-state index contributed by atoms with van der Waals surface area (Å²) in [7, 11) is 0. The van der Waals surface area contributed by atoms with Crippen molar-refractivity contribution >= 4 is 11.8 Å². The number of alkyl carbamates (subject to hydrolysis) is 1. The molecule has 0 spiro atoms. The first-order valence-electron chi connectivity index (χ1n) is 9.90. The van der Waals surface area contributed by atoms with Crippen LogP contribution in [0.4, 0.5) is 10.5 Å². The first kappa shape index (κ1) is 19.6. The van der Waals surface area contributed by atoms with Crippen molar-refractivity contribution in [1.29, 1.82) is 0 Å². The van der Waals surface area contributed by atoms with Crippen molar-refractivity contribution in [3.63, 3.8) is 0 Å². The molecule has 4 rings (SSSR count). The molecule has 0 aliphatic heterocycles. The van der Waals surface area contributed by atoms with Gasteiger partial charge >= 0.3 is 6.09 Å². The average Bonchev–Trinajstić information content (AvgIpc) is 3.11. The fourth-order valence-corrected chi connectivity index (χ4v) is 3.73. The molecule has 3 aromatic rings. The Kier molecular flexibility index (Phi) is 5.98. The van der Waals surface area contributed by atoms with Crippen LogP contribution in [-0.4, -0.2) is 19.2 Å². The van der Waals surface area contributed by atoms with Crippen molar-refractivity contribution in [2.75, 3.05) is 18.6 Å². The first-order chi connectivity index (χ1) is 14.8. The zero-order valence-corrected chi connectivity index (χ0v) is 16.5. The number of nitrogens with two attached hydrogens (primary N) is 1. The molecule has 0 saturated heterocycles. The van der Waals surface area contributed by atoms with Crippen LogP contribution in [0.3, 0.4) is 0 Å². The minimum absolute atomic E-state index is 0.0615. The van der Waals surface area contributed by atoms with Crippen molar-refractivity contribution in [3.8, 4) is 23.0 Å². The number of amides is 1. The molecule has 0 fully saturated rings. The van der Waals surface area contributed by atoms with Crippen LogP contribution in [0, 0.1) is 11.8 Å². The van der Waals surface area contributed by atoms with Gasteiger partial charge < -0.3 is 15.5 Å². The molecule has 1 aliphatic rings. The number of ether oxygens (including phenoxy) is 1. The Hall–Kier alpha value is -3.75. The molecule has 0 heterocycles. The summed E-state index contributed by atoms with van der Waals surface area (Å²) in [5, 5.41) is 2.77. The van der Waals surface area contributed by atoms with Gasteiger partial charge in [0.2, 0.25) is 0 Å².